The Morgan fingerprint density at radius 2 is 0.704 bits per heavy atom. The molecule has 0 radical (unpaired) electrons. The van der Waals surface area contributed by atoms with E-state index in [0.717, 1.165) is 57.8 Å². The van der Waals surface area contributed by atoms with Gasteiger partial charge in [-0.1, -0.05) is 274 Å². The smallest absolute Gasteiger partial charge is 0.305 e. The van der Waals surface area contributed by atoms with E-state index in [1.807, 2.05) is 0 Å². The highest BCUT2D eigenvalue weighted by molar-refractivity contribution is 5.76. The van der Waals surface area contributed by atoms with Crippen LogP contribution >= 0.6 is 0 Å². The molecule has 416 valence electrons. The Hall–Kier alpha value is -2.18. The molecule has 3 N–H and O–H groups in total. The molecule has 1 amide bonds. The Labute approximate surface area is 442 Å². The van der Waals surface area contributed by atoms with Crippen LogP contribution in [0, 0.1) is 0 Å². The number of hydrogen-bond acceptors (Lipinski definition) is 5. The van der Waals surface area contributed by atoms with Gasteiger partial charge in [0.05, 0.1) is 25.4 Å². The molecule has 71 heavy (non-hydrogen) atoms. The quantitative estimate of drug-likeness (QED) is 0.0321. The van der Waals surface area contributed by atoms with Gasteiger partial charge in [-0.2, -0.15) is 0 Å². The molecule has 2 atom stereocenters. The van der Waals surface area contributed by atoms with E-state index in [-0.39, 0.29) is 18.5 Å². The van der Waals surface area contributed by atoms with E-state index < -0.39 is 12.1 Å². The summed E-state index contributed by atoms with van der Waals surface area (Å²) in [6.07, 6.45) is 76.9. The summed E-state index contributed by atoms with van der Waals surface area (Å²) in [4.78, 5) is 24.5. The monoisotopic (exact) mass is 996 g/mol. The highest BCUT2D eigenvalue weighted by Gasteiger charge is 2.20. The maximum atomic E-state index is 12.5. The van der Waals surface area contributed by atoms with E-state index in [1.165, 1.54) is 238 Å². The zero-order valence-corrected chi connectivity index (χ0v) is 47.5. The zero-order valence-electron chi connectivity index (χ0n) is 47.5. The molecule has 6 heteroatoms. The van der Waals surface area contributed by atoms with Gasteiger partial charge in [-0.25, -0.2) is 0 Å². The van der Waals surface area contributed by atoms with Gasteiger partial charge in [-0.05, 0) is 89.9 Å². The van der Waals surface area contributed by atoms with Crippen molar-refractivity contribution in [2.45, 2.75) is 341 Å². The van der Waals surface area contributed by atoms with Crippen LogP contribution in [-0.2, 0) is 14.3 Å². The lowest BCUT2D eigenvalue weighted by Crippen LogP contribution is -2.45. The van der Waals surface area contributed by atoms with Gasteiger partial charge >= 0.3 is 5.97 Å². The first-order valence-electron chi connectivity index (χ1n) is 31.4. The van der Waals surface area contributed by atoms with Crippen LogP contribution in [0.3, 0.4) is 0 Å². The van der Waals surface area contributed by atoms with Crippen LogP contribution in [-0.4, -0.2) is 47.4 Å². The SMILES string of the molecule is CCCCC/C=C\C/C=C\CCCCCCCCCC(=O)OCCCCCCCCCCC/C=C\C/C=C\CCCCCCCCCCCC(=O)NC(CO)C(O)CCCCCCCCCCCCCC. The predicted molar refractivity (Wildman–Crippen MR) is 310 cm³/mol. The first kappa shape index (κ1) is 68.8. The molecule has 0 spiro atoms. The molecule has 0 bridgehead atoms. The fraction of sp³-hybridized carbons (Fsp3) is 0.846. The van der Waals surface area contributed by atoms with Crippen molar-refractivity contribution in [3.63, 3.8) is 0 Å². The normalized spacial score (nSPS) is 12.9. The van der Waals surface area contributed by atoms with Crippen molar-refractivity contribution >= 4 is 11.9 Å². The molecule has 0 aromatic carbocycles. The van der Waals surface area contributed by atoms with Crippen LogP contribution in [0.5, 0.6) is 0 Å². The summed E-state index contributed by atoms with van der Waals surface area (Å²) in [5.41, 5.74) is 0. The Morgan fingerprint density at radius 1 is 0.394 bits per heavy atom. The van der Waals surface area contributed by atoms with Crippen LogP contribution in [0.1, 0.15) is 328 Å². The van der Waals surface area contributed by atoms with Gasteiger partial charge < -0.3 is 20.3 Å². The van der Waals surface area contributed by atoms with Crippen LogP contribution in [0.25, 0.3) is 0 Å². The molecule has 0 aromatic rings. The number of carbonyl (C=O) groups excluding carboxylic acids is 2. The van der Waals surface area contributed by atoms with Gasteiger partial charge in [0.2, 0.25) is 5.91 Å². The Balaban J connectivity index is 3.42. The van der Waals surface area contributed by atoms with Crippen molar-refractivity contribution < 1.29 is 24.5 Å². The molecular formula is C65H121NO5. The van der Waals surface area contributed by atoms with Crippen LogP contribution < -0.4 is 5.32 Å². The fourth-order valence-electron chi connectivity index (χ4n) is 9.52. The third-order valence-corrected chi connectivity index (χ3v) is 14.4. The highest BCUT2D eigenvalue weighted by Crippen LogP contribution is 2.17. The third kappa shape index (κ3) is 57.0. The van der Waals surface area contributed by atoms with Crippen LogP contribution in [0.4, 0.5) is 0 Å². The van der Waals surface area contributed by atoms with Gasteiger partial charge in [-0.3, -0.25) is 9.59 Å². The second-order valence-electron chi connectivity index (χ2n) is 21.4. The summed E-state index contributed by atoms with van der Waals surface area (Å²) in [5.74, 6) is -0.0406. The van der Waals surface area contributed by atoms with Gasteiger partial charge in [0.15, 0.2) is 0 Å². The summed E-state index contributed by atoms with van der Waals surface area (Å²) < 4.78 is 5.48. The lowest BCUT2D eigenvalue weighted by Gasteiger charge is -2.22. The number of rotatable bonds is 58. The van der Waals surface area contributed by atoms with Gasteiger partial charge in [0, 0.05) is 12.8 Å². The first-order valence-corrected chi connectivity index (χ1v) is 31.4. The van der Waals surface area contributed by atoms with Crippen molar-refractivity contribution in [2.75, 3.05) is 13.2 Å². The minimum Gasteiger partial charge on any atom is -0.466 e. The first-order chi connectivity index (χ1) is 35.0. The third-order valence-electron chi connectivity index (χ3n) is 14.4. The van der Waals surface area contributed by atoms with E-state index in [9.17, 15) is 19.8 Å². The minimum absolute atomic E-state index is 0.000970. The van der Waals surface area contributed by atoms with E-state index in [0.29, 0.717) is 25.9 Å². The molecule has 2 unspecified atom stereocenters. The molecule has 0 fully saturated rings. The van der Waals surface area contributed by atoms with Crippen molar-refractivity contribution in [1.82, 2.24) is 5.32 Å². The lowest BCUT2D eigenvalue weighted by atomic mass is 10.0. The summed E-state index contributed by atoms with van der Waals surface area (Å²) in [5, 5.41) is 23.2. The number of aliphatic hydroxyl groups excluding tert-OH is 2. The minimum atomic E-state index is -0.668. The Kier molecular flexibility index (Phi) is 58.5. The summed E-state index contributed by atoms with van der Waals surface area (Å²) in [6.45, 7) is 4.92. The molecule has 6 nitrogen and oxygen atoms in total. The number of nitrogens with one attached hydrogen (secondary N) is 1. The molecule has 0 saturated carbocycles. The van der Waals surface area contributed by atoms with Gasteiger partial charge in [0.25, 0.3) is 0 Å². The van der Waals surface area contributed by atoms with Crippen molar-refractivity contribution in [2.24, 2.45) is 0 Å². The van der Waals surface area contributed by atoms with E-state index in [1.54, 1.807) is 0 Å². The molecule has 0 aliphatic heterocycles. The molecule has 0 rings (SSSR count). The predicted octanol–water partition coefficient (Wildman–Crippen LogP) is 19.7. The molecule has 0 aliphatic carbocycles. The highest BCUT2D eigenvalue weighted by atomic mass is 16.5. The number of unbranched alkanes of at least 4 members (excludes halogenated alkanes) is 39. The van der Waals surface area contributed by atoms with E-state index in [2.05, 4.69) is 67.8 Å². The van der Waals surface area contributed by atoms with Gasteiger partial charge in [-0.15, -0.1) is 0 Å². The van der Waals surface area contributed by atoms with Crippen molar-refractivity contribution in [3.05, 3.63) is 48.6 Å². The standard InChI is InChI=1S/C65H121NO5/c1-3-5-7-9-11-13-15-17-18-28-32-35-39-43-47-51-55-59-65(70)71-60-56-52-48-44-40-36-33-30-27-25-23-21-19-20-22-24-26-29-31-34-38-42-46-50-54-58-64(69)66-62(61-67)63(68)57-53-49-45-41-37-16-14-12-10-8-6-4-2/h11,13,17-18,20-23,62-63,67-68H,3-10,12,14-16,19,24-61H2,1-2H3,(H,66,69)/b13-11-,18-17-,22-20-,23-21-. The fourth-order valence-corrected chi connectivity index (χ4v) is 9.52. The van der Waals surface area contributed by atoms with Crippen LogP contribution in [0.15, 0.2) is 48.6 Å². The number of carbonyl (C=O) groups is 2. The van der Waals surface area contributed by atoms with Crippen molar-refractivity contribution in [1.29, 1.82) is 0 Å². The summed E-state index contributed by atoms with van der Waals surface area (Å²) in [6, 6.07) is -0.546. The van der Waals surface area contributed by atoms with Crippen molar-refractivity contribution in [3.8, 4) is 0 Å². The number of allylic oxidation sites excluding steroid dienone is 8. The largest absolute Gasteiger partial charge is 0.466 e. The maximum Gasteiger partial charge on any atom is 0.305 e. The number of hydrogen-bond donors (Lipinski definition) is 3. The second-order valence-corrected chi connectivity index (χ2v) is 21.4. The lowest BCUT2D eigenvalue weighted by molar-refractivity contribution is -0.143. The molecule has 0 saturated heterocycles. The maximum absolute atomic E-state index is 12.5. The van der Waals surface area contributed by atoms with E-state index in [4.69, 9.17) is 4.74 Å². The molecule has 0 aromatic heterocycles. The summed E-state index contributed by atoms with van der Waals surface area (Å²) >= 11 is 0. The Bertz CT molecular complexity index is 1190. The number of aliphatic hydroxyl groups is 2. The van der Waals surface area contributed by atoms with Crippen LogP contribution in [0.2, 0.25) is 0 Å². The number of amides is 1. The number of ether oxygens (including phenoxy) is 1. The summed E-state index contributed by atoms with van der Waals surface area (Å²) in [7, 11) is 0. The Morgan fingerprint density at radius 3 is 1.10 bits per heavy atom. The van der Waals surface area contributed by atoms with Gasteiger partial charge in [0.1, 0.15) is 0 Å². The molecule has 0 aliphatic rings. The zero-order chi connectivity index (χ0) is 51.4. The molecular weight excluding hydrogens is 875 g/mol. The second kappa shape index (κ2) is 60.4. The van der Waals surface area contributed by atoms with E-state index >= 15 is 0 Å². The molecule has 0 heterocycles. The average molecular weight is 997 g/mol. The topological polar surface area (TPSA) is 95.9 Å². The average Bonchev–Trinajstić information content (AvgIpc) is 3.37. The number of esters is 1.